The Hall–Kier alpha value is -1.75. The van der Waals surface area contributed by atoms with E-state index in [1.54, 1.807) is 12.1 Å². The molecule has 0 fully saturated rings. The van der Waals surface area contributed by atoms with Crippen LogP contribution in [0.25, 0.3) is 0 Å². The molecule has 5 nitrogen and oxygen atoms in total. The second-order valence-electron chi connectivity index (χ2n) is 3.90. The van der Waals surface area contributed by atoms with E-state index in [4.69, 9.17) is 16.3 Å². The minimum atomic E-state index is -0.372. The number of hydrogen-bond donors (Lipinski definition) is 1. The quantitative estimate of drug-likeness (QED) is 0.808. The van der Waals surface area contributed by atoms with Crippen molar-refractivity contribution in [3.8, 4) is 5.75 Å². The number of ether oxygens (including phenoxy) is 2. The normalized spacial score (nSPS) is 9.84. The predicted molar refractivity (Wildman–Crippen MR) is 71.3 cm³/mol. The Kier molecular flexibility index (Phi) is 6.15. The van der Waals surface area contributed by atoms with E-state index in [0.717, 1.165) is 5.56 Å². The first-order valence-corrected chi connectivity index (χ1v) is 6.13. The molecule has 0 bridgehead atoms. The highest BCUT2D eigenvalue weighted by molar-refractivity contribution is 6.32. The summed E-state index contributed by atoms with van der Waals surface area (Å²) in [5, 5.41) is 3.00. The van der Waals surface area contributed by atoms with Crippen molar-refractivity contribution < 1.29 is 19.1 Å². The Morgan fingerprint density at radius 1 is 1.37 bits per heavy atom. The topological polar surface area (TPSA) is 64.6 Å². The molecule has 1 rings (SSSR count). The number of carbonyl (C=O) groups excluding carboxylic acids is 2. The maximum atomic E-state index is 11.5. The van der Waals surface area contributed by atoms with Crippen LogP contribution in [0.3, 0.4) is 0 Å². The van der Waals surface area contributed by atoms with Crippen LogP contribution in [-0.4, -0.2) is 32.1 Å². The standard InChI is InChI=1S/C13H16ClNO4/c1-9-3-4-10(14)11(7-9)19-8-12(16)15-6-5-13(17)18-2/h3-4,7H,5-6,8H2,1-2H3,(H,15,16). The molecule has 0 aliphatic rings. The Morgan fingerprint density at radius 3 is 2.79 bits per heavy atom. The molecule has 104 valence electrons. The maximum Gasteiger partial charge on any atom is 0.307 e. The second kappa shape index (κ2) is 7.63. The average Bonchev–Trinajstić information content (AvgIpc) is 2.39. The van der Waals surface area contributed by atoms with Gasteiger partial charge in [-0.2, -0.15) is 0 Å². The van der Waals surface area contributed by atoms with Crippen LogP contribution in [0.2, 0.25) is 5.02 Å². The minimum absolute atomic E-state index is 0.132. The van der Waals surface area contributed by atoms with E-state index < -0.39 is 0 Å². The summed E-state index contributed by atoms with van der Waals surface area (Å²) in [6.07, 6.45) is 0.132. The third-order valence-corrected chi connectivity index (χ3v) is 2.64. The molecule has 0 unspecified atom stereocenters. The van der Waals surface area contributed by atoms with Gasteiger partial charge < -0.3 is 14.8 Å². The van der Waals surface area contributed by atoms with Crippen molar-refractivity contribution in [2.24, 2.45) is 0 Å². The molecule has 6 heteroatoms. The first-order chi connectivity index (χ1) is 9.02. The number of carbonyl (C=O) groups is 2. The highest BCUT2D eigenvalue weighted by Gasteiger charge is 2.07. The maximum absolute atomic E-state index is 11.5. The van der Waals surface area contributed by atoms with E-state index in [1.165, 1.54) is 7.11 Å². The minimum Gasteiger partial charge on any atom is -0.482 e. The monoisotopic (exact) mass is 285 g/mol. The van der Waals surface area contributed by atoms with Gasteiger partial charge in [-0.3, -0.25) is 9.59 Å². The van der Waals surface area contributed by atoms with Crippen LogP contribution < -0.4 is 10.1 Å². The lowest BCUT2D eigenvalue weighted by atomic mass is 10.2. The van der Waals surface area contributed by atoms with Crippen LogP contribution in [-0.2, 0) is 14.3 Å². The highest BCUT2D eigenvalue weighted by Crippen LogP contribution is 2.24. The lowest BCUT2D eigenvalue weighted by Gasteiger charge is -2.09. The van der Waals surface area contributed by atoms with Gasteiger partial charge in [-0.15, -0.1) is 0 Å². The zero-order chi connectivity index (χ0) is 14.3. The molecule has 0 atom stereocenters. The number of halogens is 1. The summed E-state index contributed by atoms with van der Waals surface area (Å²) in [5.74, 6) is -0.228. The van der Waals surface area contributed by atoms with Crippen molar-refractivity contribution in [2.75, 3.05) is 20.3 Å². The fourth-order valence-electron chi connectivity index (χ4n) is 1.32. The first kappa shape index (κ1) is 15.3. The van der Waals surface area contributed by atoms with Gasteiger partial charge >= 0.3 is 5.97 Å². The smallest absolute Gasteiger partial charge is 0.307 e. The van der Waals surface area contributed by atoms with Gasteiger partial charge in [-0.1, -0.05) is 17.7 Å². The first-order valence-electron chi connectivity index (χ1n) is 5.75. The molecular weight excluding hydrogens is 270 g/mol. The van der Waals surface area contributed by atoms with Gasteiger partial charge in [-0.25, -0.2) is 0 Å². The van der Waals surface area contributed by atoms with Crippen molar-refractivity contribution >= 4 is 23.5 Å². The van der Waals surface area contributed by atoms with Gasteiger partial charge in [0.15, 0.2) is 6.61 Å². The Morgan fingerprint density at radius 2 is 2.11 bits per heavy atom. The molecule has 0 heterocycles. The number of nitrogens with one attached hydrogen (secondary N) is 1. The number of amides is 1. The highest BCUT2D eigenvalue weighted by atomic mass is 35.5. The summed E-state index contributed by atoms with van der Waals surface area (Å²) < 4.78 is 9.75. The van der Waals surface area contributed by atoms with Crippen LogP contribution in [0.5, 0.6) is 5.75 Å². The van der Waals surface area contributed by atoms with E-state index >= 15 is 0 Å². The molecule has 0 radical (unpaired) electrons. The van der Waals surface area contributed by atoms with Crippen molar-refractivity contribution in [2.45, 2.75) is 13.3 Å². The van der Waals surface area contributed by atoms with Crippen LogP contribution in [0.4, 0.5) is 0 Å². The van der Waals surface area contributed by atoms with Gasteiger partial charge in [0.25, 0.3) is 5.91 Å². The van der Waals surface area contributed by atoms with Gasteiger partial charge in [0.05, 0.1) is 18.6 Å². The van der Waals surface area contributed by atoms with Gasteiger partial charge in [0, 0.05) is 6.54 Å². The number of aryl methyl sites for hydroxylation is 1. The van der Waals surface area contributed by atoms with Gasteiger partial charge in [0.1, 0.15) is 5.75 Å². The zero-order valence-electron chi connectivity index (χ0n) is 10.9. The summed E-state index contributed by atoms with van der Waals surface area (Å²) in [6.45, 7) is 1.97. The number of hydrogen-bond acceptors (Lipinski definition) is 4. The number of benzene rings is 1. The molecule has 0 aliphatic carbocycles. The molecule has 0 aromatic heterocycles. The van der Waals surface area contributed by atoms with Crippen molar-refractivity contribution in [1.82, 2.24) is 5.32 Å². The average molecular weight is 286 g/mol. The number of methoxy groups -OCH3 is 1. The Bertz CT molecular complexity index is 462. The van der Waals surface area contributed by atoms with E-state index in [1.807, 2.05) is 13.0 Å². The molecule has 1 aromatic rings. The van der Waals surface area contributed by atoms with Crippen molar-refractivity contribution in [3.05, 3.63) is 28.8 Å². The fraction of sp³-hybridized carbons (Fsp3) is 0.385. The zero-order valence-corrected chi connectivity index (χ0v) is 11.6. The molecule has 0 aliphatic heterocycles. The summed E-state index contributed by atoms with van der Waals surface area (Å²) in [4.78, 5) is 22.3. The van der Waals surface area contributed by atoms with Crippen LogP contribution in [0, 0.1) is 6.92 Å². The van der Waals surface area contributed by atoms with Crippen molar-refractivity contribution in [1.29, 1.82) is 0 Å². The summed E-state index contributed by atoms with van der Waals surface area (Å²) in [7, 11) is 1.30. The van der Waals surface area contributed by atoms with E-state index in [0.29, 0.717) is 10.8 Å². The molecule has 0 spiro atoms. The second-order valence-corrected chi connectivity index (χ2v) is 4.31. The Labute approximate surface area is 116 Å². The molecule has 0 saturated carbocycles. The van der Waals surface area contributed by atoms with E-state index in [2.05, 4.69) is 10.1 Å². The summed E-state index contributed by atoms with van der Waals surface area (Å²) in [6, 6.07) is 5.32. The third-order valence-electron chi connectivity index (χ3n) is 2.32. The summed E-state index contributed by atoms with van der Waals surface area (Å²) in [5.41, 5.74) is 0.991. The third kappa shape index (κ3) is 5.61. The van der Waals surface area contributed by atoms with Crippen LogP contribution in [0.1, 0.15) is 12.0 Å². The molecule has 0 saturated heterocycles. The largest absolute Gasteiger partial charge is 0.482 e. The van der Waals surface area contributed by atoms with Crippen LogP contribution >= 0.6 is 11.6 Å². The predicted octanol–water partition coefficient (Wildman–Crippen LogP) is 1.71. The molecular formula is C13H16ClNO4. The summed E-state index contributed by atoms with van der Waals surface area (Å²) >= 11 is 5.93. The molecule has 19 heavy (non-hydrogen) atoms. The van der Waals surface area contributed by atoms with Crippen molar-refractivity contribution in [3.63, 3.8) is 0 Å². The Balaban J connectivity index is 2.34. The SMILES string of the molecule is COC(=O)CCNC(=O)COc1cc(C)ccc1Cl. The number of esters is 1. The van der Waals surface area contributed by atoms with Gasteiger partial charge in [-0.05, 0) is 24.6 Å². The molecule has 1 aromatic carbocycles. The molecule has 1 amide bonds. The van der Waals surface area contributed by atoms with E-state index in [-0.39, 0.29) is 31.4 Å². The molecule has 1 N–H and O–H groups in total. The lowest BCUT2D eigenvalue weighted by molar-refractivity contribution is -0.140. The van der Waals surface area contributed by atoms with E-state index in [9.17, 15) is 9.59 Å². The lowest BCUT2D eigenvalue weighted by Crippen LogP contribution is -2.30. The number of rotatable bonds is 6. The van der Waals surface area contributed by atoms with Gasteiger partial charge in [0.2, 0.25) is 0 Å². The fourth-order valence-corrected chi connectivity index (χ4v) is 1.49. The van der Waals surface area contributed by atoms with Crippen LogP contribution in [0.15, 0.2) is 18.2 Å².